The Morgan fingerprint density at radius 2 is 2.20 bits per heavy atom. The molecule has 0 aliphatic carbocycles. The van der Waals surface area contributed by atoms with Gasteiger partial charge < -0.3 is 5.11 Å². The molecule has 1 atom stereocenters. The molecular formula is C17H17FN4O2S. The van der Waals surface area contributed by atoms with E-state index in [1.165, 1.54) is 30.0 Å². The van der Waals surface area contributed by atoms with Gasteiger partial charge in [0.05, 0.1) is 11.2 Å². The fraction of sp³-hybridized carbons (Fsp3) is 0.294. The van der Waals surface area contributed by atoms with Gasteiger partial charge in [-0.15, -0.1) is 11.8 Å². The number of fused-ring (bicyclic) bond motifs is 1. The van der Waals surface area contributed by atoms with Crippen LogP contribution >= 0.6 is 11.8 Å². The number of halogens is 1. The number of aliphatic imine (C=N–C) groups is 1. The van der Waals surface area contributed by atoms with E-state index in [9.17, 15) is 9.18 Å². The van der Waals surface area contributed by atoms with Crippen molar-refractivity contribution in [3.05, 3.63) is 52.9 Å². The van der Waals surface area contributed by atoms with Gasteiger partial charge in [-0.3, -0.25) is 10.3 Å². The Morgan fingerprint density at radius 1 is 1.44 bits per heavy atom. The van der Waals surface area contributed by atoms with Crippen LogP contribution in [0.25, 0.3) is 0 Å². The molecule has 0 bridgehead atoms. The first kappa shape index (κ1) is 17.3. The van der Waals surface area contributed by atoms with E-state index in [4.69, 9.17) is 10.1 Å². The molecule has 3 rings (SSSR count). The van der Waals surface area contributed by atoms with Crippen molar-refractivity contribution >= 4 is 28.6 Å². The quantitative estimate of drug-likeness (QED) is 0.854. The SMILES string of the molecule is CSC1=NC(C)(c2cc(NC(=O)O)ccc2F)Cc2nc(C)ncc21. The number of carbonyl (C=O) groups is 1. The lowest BCUT2D eigenvalue weighted by molar-refractivity contribution is 0.209. The molecule has 6 nitrogen and oxygen atoms in total. The van der Waals surface area contributed by atoms with Crippen molar-refractivity contribution in [3.63, 3.8) is 0 Å². The van der Waals surface area contributed by atoms with E-state index in [0.717, 1.165) is 16.3 Å². The number of hydrogen-bond donors (Lipinski definition) is 2. The van der Waals surface area contributed by atoms with Gasteiger partial charge >= 0.3 is 6.09 Å². The van der Waals surface area contributed by atoms with Crippen LogP contribution in [0.5, 0.6) is 0 Å². The predicted octanol–water partition coefficient (Wildman–Crippen LogP) is 3.60. The second-order valence-corrected chi connectivity index (χ2v) is 6.77. The molecular weight excluding hydrogens is 343 g/mol. The smallest absolute Gasteiger partial charge is 0.409 e. The topological polar surface area (TPSA) is 87.5 Å². The highest BCUT2D eigenvalue weighted by molar-refractivity contribution is 8.13. The largest absolute Gasteiger partial charge is 0.465 e. The molecule has 1 aliphatic heterocycles. The molecule has 0 saturated carbocycles. The van der Waals surface area contributed by atoms with Crippen LogP contribution in [0.2, 0.25) is 0 Å². The standard InChI is InChI=1S/C17H17FN4O2S/c1-9-19-8-11-14(20-9)7-17(2,22-15(11)25-3)12-6-10(21-16(23)24)4-5-13(12)18/h4-6,8,21H,7H2,1-3H3,(H,23,24). The Bertz CT molecular complexity index is 887. The normalized spacial score (nSPS) is 19.1. The molecule has 0 spiro atoms. The first-order valence-corrected chi connectivity index (χ1v) is 8.81. The minimum Gasteiger partial charge on any atom is -0.465 e. The molecule has 0 radical (unpaired) electrons. The molecule has 2 N–H and O–H groups in total. The van der Waals surface area contributed by atoms with E-state index in [2.05, 4.69) is 15.3 Å². The van der Waals surface area contributed by atoms with Crippen LogP contribution in [-0.4, -0.2) is 32.5 Å². The molecule has 1 aromatic carbocycles. The van der Waals surface area contributed by atoms with Crippen molar-refractivity contribution in [2.45, 2.75) is 25.8 Å². The zero-order valence-corrected chi connectivity index (χ0v) is 14.8. The number of rotatable bonds is 2. The van der Waals surface area contributed by atoms with Crippen molar-refractivity contribution in [3.8, 4) is 0 Å². The van der Waals surface area contributed by atoms with Gasteiger partial charge in [0.2, 0.25) is 0 Å². The van der Waals surface area contributed by atoms with Crippen molar-refractivity contribution in [1.29, 1.82) is 0 Å². The van der Waals surface area contributed by atoms with Gasteiger partial charge in [0.1, 0.15) is 16.7 Å². The van der Waals surface area contributed by atoms with Crippen LogP contribution in [0.1, 0.15) is 29.6 Å². The van der Waals surface area contributed by atoms with Gasteiger partial charge in [-0.25, -0.2) is 19.2 Å². The number of amides is 1. The van der Waals surface area contributed by atoms with Gasteiger partial charge in [0.15, 0.2) is 0 Å². The monoisotopic (exact) mass is 360 g/mol. The molecule has 1 unspecified atom stereocenters. The lowest BCUT2D eigenvalue weighted by atomic mass is 9.84. The fourth-order valence-electron chi connectivity index (χ4n) is 2.93. The molecule has 25 heavy (non-hydrogen) atoms. The molecule has 130 valence electrons. The van der Waals surface area contributed by atoms with Gasteiger partial charge in [0.25, 0.3) is 0 Å². The second-order valence-electron chi connectivity index (χ2n) is 5.97. The van der Waals surface area contributed by atoms with Crippen molar-refractivity contribution in [1.82, 2.24) is 9.97 Å². The van der Waals surface area contributed by atoms with Gasteiger partial charge in [-0.05, 0) is 38.3 Å². The van der Waals surface area contributed by atoms with Crippen LogP contribution < -0.4 is 5.32 Å². The minimum absolute atomic E-state index is 0.302. The van der Waals surface area contributed by atoms with Gasteiger partial charge in [-0.1, -0.05) is 0 Å². The molecule has 2 aromatic rings. The average Bonchev–Trinajstić information content (AvgIpc) is 2.54. The summed E-state index contributed by atoms with van der Waals surface area (Å²) >= 11 is 1.45. The van der Waals surface area contributed by atoms with E-state index in [1.807, 2.05) is 13.2 Å². The lowest BCUT2D eigenvalue weighted by Crippen LogP contribution is -2.31. The number of anilines is 1. The Morgan fingerprint density at radius 3 is 2.88 bits per heavy atom. The number of benzene rings is 1. The summed E-state index contributed by atoms with van der Waals surface area (Å²) in [5.41, 5.74) is 1.41. The zero-order valence-electron chi connectivity index (χ0n) is 14.0. The van der Waals surface area contributed by atoms with Crippen molar-refractivity contribution in [2.24, 2.45) is 4.99 Å². The van der Waals surface area contributed by atoms with Crippen LogP contribution in [0.4, 0.5) is 14.9 Å². The Balaban J connectivity index is 2.12. The Labute approximate surface area is 148 Å². The molecule has 0 saturated heterocycles. The Kier molecular flexibility index (Phi) is 4.47. The molecule has 2 heterocycles. The zero-order chi connectivity index (χ0) is 18.2. The maximum absolute atomic E-state index is 14.5. The summed E-state index contributed by atoms with van der Waals surface area (Å²) in [7, 11) is 0. The predicted molar refractivity (Wildman–Crippen MR) is 95.9 cm³/mol. The molecule has 1 aromatic heterocycles. The molecule has 8 heteroatoms. The maximum Gasteiger partial charge on any atom is 0.409 e. The lowest BCUT2D eigenvalue weighted by Gasteiger charge is -2.32. The van der Waals surface area contributed by atoms with E-state index in [-0.39, 0.29) is 0 Å². The van der Waals surface area contributed by atoms with Crippen LogP contribution in [0.3, 0.4) is 0 Å². The maximum atomic E-state index is 14.5. The summed E-state index contributed by atoms with van der Waals surface area (Å²) in [6.07, 6.45) is 2.84. The number of nitrogens with zero attached hydrogens (tertiary/aromatic N) is 3. The van der Waals surface area contributed by atoms with Crippen LogP contribution in [-0.2, 0) is 12.0 Å². The molecule has 1 aliphatic rings. The highest BCUT2D eigenvalue weighted by Crippen LogP contribution is 2.38. The third-order valence-corrected chi connectivity index (χ3v) is 4.77. The molecule has 1 amide bonds. The highest BCUT2D eigenvalue weighted by Gasteiger charge is 2.36. The fourth-order valence-corrected chi connectivity index (χ4v) is 3.61. The third-order valence-electron chi connectivity index (χ3n) is 4.07. The summed E-state index contributed by atoms with van der Waals surface area (Å²) in [5, 5.41) is 11.9. The number of nitrogens with one attached hydrogen (secondary N) is 1. The van der Waals surface area contributed by atoms with E-state index in [0.29, 0.717) is 23.5 Å². The van der Waals surface area contributed by atoms with Crippen molar-refractivity contribution in [2.75, 3.05) is 11.6 Å². The van der Waals surface area contributed by atoms with Gasteiger partial charge in [0, 0.05) is 29.4 Å². The van der Waals surface area contributed by atoms with Gasteiger partial charge in [-0.2, -0.15) is 0 Å². The van der Waals surface area contributed by atoms with E-state index in [1.54, 1.807) is 13.1 Å². The number of thioether (sulfide) groups is 1. The summed E-state index contributed by atoms with van der Waals surface area (Å²) in [6.45, 7) is 3.63. The van der Waals surface area contributed by atoms with E-state index < -0.39 is 17.4 Å². The average molecular weight is 360 g/mol. The number of hydrogen-bond acceptors (Lipinski definition) is 5. The third kappa shape index (κ3) is 3.34. The number of carboxylic acid groups (broad SMARTS) is 1. The Hall–Kier alpha value is -2.48. The minimum atomic E-state index is -1.20. The summed E-state index contributed by atoms with van der Waals surface area (Å²) in [6, 6.07) is 4.13. The van der Waals surface area contributed by atoms with Crippen molar-refractivity contribution < 1.29 is 14.3 Å². The summed E-state index contributed by atoms with van der Waals surface area (Å²) in [4.78, 5) is 24.3. The van der Waals surface area contributed by atoms with Crippen LogP contribution in [0.15, 0.2) is 29.4 Å². The van der Waals surface area contributed by atoms with Crippen LogP contribution in [0, 0.1) is 12.7 Å². The number of aromatic nitrogens is 2. The second kappa shape index (κ2) is 6.44. The first-order valence-electron chi connectivity index (χ1n) is 7.59. The molecule has 0 fully saturated rings. The highest BCUT2D eigenvalue weighted by atomic mass is 32.2. The first-order chi connectivity index (χ1) is 11.8. The summed E-state index contributed by atoms with van der Waals surface area (Å²) < 4.78 is 14.5. The summed E-state index contributed by atoms with van der Waals surface area (Å²) in [5.74, 6) is 0.210. The van der Waals surface area contributed by atoms with E-state index >= 15 is 0 Å². The number of aryl methyl sites for hydroxylation is 1.